The molecule has 2 aromatic heterocycles. The molecule has 4 rings (SSSR count). The fourth-order valence-electron chi connectivity index (χ4n) is 3.16. The van der Waals surface area contributed by atoms with Gasteiger partial charge in [0.2, 0.25) is 0 Å². The molecule has 1 unspecified atom stereocenters. The smallest absolute Gasteiger partial charge is 0.178 e. The number of benzene rings is 2. The van der Waals surface area contributed by atoms with E-state index in [1.54, 1.807) is 11.3 Å². The molecule has 0 spiro atoms. The summed E-state index contributed by atoms with van der Waals surface area (Å²) in [6, 6.07) is 19.8. The molecule has 6 heteroatoms. The maximum absolute atomic E-state index is 10.3. The van der Waals surface area contributed by atoms with Gasteiger partial charge in [0.1, 0.15) is 28.9 Å². The fourth-order valence-corrected chi connectivity index (χ4v) is 3.98. The van der Waals surface area contributed by atoms with Crippen LogP contribution in [0.15, 0.2) is 70.6 Å². The Balaban J connectivity index is 1.34. The Bertz CT molecular complexity index is 1030. The molecule has 144 valence electrons. The van der Waals surface area contributed by atoms with Crippen molar-refractivity contribution in [1.29, 1.82) is 0 Å². The molecule has 28 heavy (non-hydrogen) atoms. The Kier molecular flexibility index (Phi) is 5.71. The van der Waals surface area contributed by atoms with Crippen molar-refractivity contribution in [3.63, 3.8) is 0 Å². The zero-order valence-corrected chi connectivity index (χ0v) is 16.4. The van der Waals surface area contributed by atoms with Crippen molar-refractivity contribution >= 4 is 21.6 Å². The standard InChI is InChI=1S/C22H22N2O3S/c1-24(13-16-6-3-2-4-7-16)14-18(25)15-26-19-9-5-8-17(12-19)21-22-20(27-23-21)10-11-28-22/h2-12,18,25H,13-15H2,1H3. The van der Waals surface area contributed by atoms with E-state index in [-0.39, 0.29) is 6.61 Å². The van der Waals surface area contributed by atoms with Crippen molar-refractivity contribution in [2.75, 3.05) is 20.2 Å². The maximum atomic E-state index is 10.3. The number of nitrogens with zero attached hydrogens (tertiary/aromatic N) is 2. The SMILES string of the molecule is CN(Cc1ccccc1)CC(O)COc1cccc(-c2noc3ccsc23)c1. The van der Waals surface area contributed by atoms with E-state index in [2.05, 4.69) is 22.2 Å². The van der Waals surface area contributed by atoms with Crippen LogP contribution in [-0.2, 0) is 6.54 Å². The summed E-state index contributed by atoms with van der Waals surface area (Å²) >= 11 is 1.60. The molecule has 4 aromatic rings. The summed E-state index contributed by atoms with van der Waals surface area (Å²) in [4.78, 5) is 2.09. The first-order chi connectivity index (χ1) is 13.7. The number of likely N-dealkylation sites (N-methyl/N-ethyl adjacent to an activating group) is 1. The molecule has 0 fully saturated rings. The Hall–Kier alpha value is -2.67. The first-order valence-corrected chi connectivity index (χ1v) is 10.0. The molecule has 0 bridgehead atoms. The molecule has 0 aliphatic rings. The quantitative estimate of drug-likeness (QED) is 0.479. The number of hydrogen-bond acceptors (Lipinski definition) is 6. The van der Waals surface area contributed by atoms with Gasteiger partial charge in [0, 0.05) is 18.7 Å². The van der Waals surface area contributed by atoms with Crippen LogP contribution in [0.1, 0.15) is 5.56 Å². The summed E-state index contributed by atoms with van der Waals surface area (Å²) in [6.07, 6.45) is -0.576. The van der Waals surface area contributed by atoms with Crippen LogP contribution in [0.3, 0.4) is 0 Å². The van der Waals surface area contributed by atoms with Gasteiger partial charge in [-0.25, -0.2) is 0 Å². The Labute approximate surface area is 167 Å². The average molecular weight is 394 g/mol. The van der Waals surface area contributed by atoms with E-state index in [0.717, 1.165) is 28.1 Å². The lowest BCUT2D eigenvalue weighted by Crippen LogP contribution is -2.32. The predicted molar refractivity (Wildman–Crippen MR) is 112 cm³/mol. The average Bonchev–Trinajstić information content (AvgIpc) is 3.31. The second-order valence-electron chi connectivity index (χ2n) is 6.82. The van der Waals surface area contributed by atoms with Gasteiger partial charge in [0.15, 0.2) is 5.58 Å². The van der Waals surface area contributed by atoms with E-state index in [0.29, 0.717) is 12.3 Å². The Morgan fingerprint density at radius 1 is 1.14 bits per heavy atom. The number of fused-ring (bicyclic) bond motifs is 1. The molecule has 1 atom stereocenters. The minimum absolute atomic E-state index is 0.232. The zero-order chi connectivity index (χ0) is 19.3. The van der Waals surface area contributed by atoms with Gasteiger partial charge in [-0.05, 0) is 36.2 Å². The van der Waals surface area contributed by atoms with E-state index in [1.807, 2.05) is 61.0 Å². The van der Waals surface area contributed by atoms with Crippen molar-refractivity contribution in [2.45, 2.75) is 12.6 Å². The van der Waals surface area contributed by atoms with Crippen LogP contribution in [0.5, 0.6) is 5.75 Å². The molecule has 1 N–H and O–H groups in total. The van der Waals surface area contributed by atoms with Crippen LogP contribution in [0.2, 0.25) is 0 Å². The largest absolute Gasteiger partial charge is 0.491 e. The molecule has 0 aliphatic carbocycles. The van der Waals surface area contributed by atoms with Crippen LogP contribution < -0.4 is 4.74 Å². The molecule has 2 heterocycles. The number of aromatic nitrogens is 1. The van der Waals surface area contributed by atoms with Gasteiger partial charge in [-0.3, -0.25) is 4.90 Å². The van der Waals surface area contributed by atoms with Crippen LogP contribution in [-0.4, -0.2) is 41.5 Å². The number of aliphatic hydroxyl groups is 1. The van der Waals surface area contributed by atoms with Gasteiger partial charge >= 0.3 is 0 Å². The van der Waals surface area contributed by atoms with Gasteiger partial charge in [-0.2, -0.15) is 0 Å². The van der Waals surface area contributed by atoms with Crippen molar-refractivity contribution in [3.8, 4) is 17.0 Å². The summed E-state index contributed by atoms with van der Waals surface area (Å²) < 4.78 is 12.2. The number of aliphatic hydroxyl groups excluding tert-OH is 1. The van der Waals surface area contributed by atoms with Gasteiger partial charge in [0.05, 0.1) is 0 Å². The number of ether oxygens (including phenoxy) is 1. The molecule has 0 saturated carbocycles. The molecule has 2 aromatic carbocycles. The molecule has 0 aliphatic heterocycles. The van der Waals surface area contributed by atoms with Crippen molar-refractivity contribution in [1.82, 2.24) is 10.1 Å². The van der Waals surface area contributed by atoms with Crippen molar-refractivity contribution < 1.29 is 14.4 Å². The highest BCUT2D eigenvalue weighted by Crippen LogP contribution is 2.33. The third-order valence-corrected chi connectivity index (χ3v) is 5.35. The minimum atomic E-state index is -0.576. The third-order valence-electron chi connectivity index (χ3n) is 4.45. The number of rotatable bonds is 8. The molecule has 0 radical (unpaired) electrons. The second-order valence-corrected chi connectivity index (χ2v) is 7.74. The monoisotopic (exact) mass is 394 g/mol. The summed E-state index contributed by atoms with van der Waals surface area (Å²) in [5.74, 6) is 0.704. The van der Waals surface area contributed by atoms with E-state index >= 15 is 0 Å². The van der Waals surface area contributed by atoms with Crippen LogP contribution in [0, 0.1) is 0 Å². The predicted octanol–water partition coefficient (Wildman–Crippen LogP) is 4.43. The molecule has 5 nitrogen and oxygen atoms in total. The van der Waals surface area contributed by atoms with E-state index < -0.39 is 6.10 Å². The van der Waals surface area contributed by atoms with Crippen molar-refractivity contribution in [2.24, 2.45) is 0 Å². The third kappa shape index (κ3) is 4.42. The minimum Gasteiger partial charge on any atom is -0.491 e. The summed E-state index contributed by atoms with van der Waals surface area (Å²) in [5, 5.41) is 16.5. The summed E-state index contributed by atoms with van der Waals surface area (Å²) in [7, 11) is 1.99. The van der Waals surface area contributed by atoms with Gasteiger partial charge in [0.25, 0.3) is 0 Å². The topological polar surface area (TPSA) is 58.7 Å². The van der Waals surface area contributed by atoms with Crippen LogP contribution in [0.25, 0.3) is 21.5 Å². The molecular weight excluding hydrogens is 372 g/mol. The second kappa shape index (κ2) is 8.56. The highest BCUT2D eigenvalue weighted by molar-refractivity contribution is 7.17. The maximum Gasteiger partial charge on any atom is 0.178 e. The van der Waals surface area contributed by atoms with Gasteiger partial charge in [-0.1, -0.05) is 47.6 Å². The lowest BCUT2D eigenvalue weighted by molar-refractivity contribution is 0.0744. The zero-order valence-electron chi connectivity index (χ0n) is 15.6. The summed E-state index contributed by atoms with van der Waals surface area (Å²) in [5.41, 5.74) is 3.77. The molecule has 0 amide bonds. The first kappa shape index (κ1) is 18.7. The summed E-state index contributed by atoms with van der Waals surface area (Å²) in [6.45, 7) is 1.56. The fraction of sp³-hybridized carbons (Fsp3) is 0.227. The van der Waals surface area contributed by atoms with Gasteiger partial charge in [-0.15, -0.1) is 11.3 Å². The van der Waals surface area contributed by atoms with Crippen LogP contribution in [0.4, 0.5) is 0 Å². The van der Waals surface area contributed by atoms with Crippen molar-refractivity contribution in [3.05, 3.63) is 71.6 Å². The van der Waals surface area contributed by atoms with E-state index in [4.69, 9.17) is 9.26 Å². The first-order valence-electron chi connectivity index (χ1n) is 9.15. The Morgan fingerprint density at radius 2 is 2.00 bits per heavy atom. The van der Waals surface area contributed by atoms with Crippen LogP contribution >= 0.6 is 11.3 Å². The molecular formula is C22H22N2O3S. The highest BCUT2D eigenvalue weighted by atomic mass is 32.1. The number of thiophene rings is 1. The lowest BCUT2D eigenvalue weighted by atomic mass is 10.1. The van der Waals surface area contributed by atoms with E-state index in [1.165, 1.54) is 5.56 Å². The lowest BCUT2D eigenvalue weighted by Gasteiger charge is -2.21. The Morgan fingerprint density at radius 3 is 2.86 bits per heavy atom. The number of hydrogen-bond donors (Lipinski definition) is 1. The molecule has 0 saturated heterocycles. The van der Waals surface area contributed by atoms with E-state index in [9.17, 15) is 5.11 Å². The normalized spacial score (nSPS) is 12.5. The highest BCUT2D eigenvalue weighted by Gasteiger charge is 2.13. The van der Waals surface area contributed by atoms with Gasteiger partial charge < -0.3 is 14.4 Å².